The van der Waals surface area contributed by atoms with Crippen molar-refractivity contribution in [3.05, 3.63) is 95.8 Å². The average Bonchev–Trinajstić information content (AvgIpc) is 2.95. The molecule has 5 rings (SSSR count). The Morgan fingerprint density at radius 3 is 1.58 bits per heavy atom. The third kappa shape index (κ3) is 6.78. The Morgan fingerprint density at radius 2 is 1.18 bits per heavy atom. The first-order chi connectivity index (χ1) is 18.6. The highest BCUT2D eigenvalue weighted by molar-refractivity contribution is 5.91. The maximum absolute atomic E-state index is 12.3. The monoisotopic (exact) mass is 508 g/mol. The molecule has 1 aliphatic carbocycles. The van der Waals surface area contributed by atoms with Gasteiger partial charge in [0.05, 0.1) is 24.2 Å². The Bertz CT molecular complexity index is 1240. The van der Waals surface area contributed by atoms with Gasteiger partial charge in [-0.1, -0.05) is 18.6 Å². The van der Waals surface area contributed by atoms with E-state index >= 15 is 0 Å². The molecule has 0 aromatic carbocycles. The number of carbonyl (C=O) groups excluding carboxylic acids is 2. The zero-order valence-corrected chi connectivity index (χ0v) is 20.8. The highest BCUT2D eigenvalue weighted by Gasteiger charge is 2.27. The highest BCUT2D eigenvalue weighted by atomic mass is 16.2. The zero-order valence-electron chi connectivity index (χ0n) is 20.8. The second-order valence-electron chi connectivity index (χ2n) is 9.42. The fourth-order valence-corrected chi connectivity index (χ4v) is 4.73. The van der Waals surface area contributed by atoms with Crippen LogP contribution < -0.4 is 10.6 Å². The van der Waals surface area contributed by atoms with Crippen LogP contribution in [0.25, 0.3) is 0 Å². The molecular formula is C28H28N8O2. The minimum absolute atomic E-state index is 0.159. The normalized spacial score (nSPS) is 16.9. The number of nitrogens with zero attached hydrogens (tertiary/aromatic N) is 6. The number of pyridine rings is 2. The van der Waals surface area contributed by atoms with Gasteiger partial charge in [0.1, 0.15) is 0 Å². The highest BCUT2D eigenvalue weighted by Crippen LogP contribution is 2.40. The lowest BCUT2D eigenvalue weighted by Gasteiger charge is -2.28. The number of hydrogen-bond acceptors (Lipinski definition) is 8. The van der Waals surface area contributed by atoms with Gasteiger partial charge in [-0.05, 0) is 66.8 Å². The lowest BCUT2D eigenvalue weighted by molar-refractivity contribution is -0.116. The third-order valence-electron chi connectivity index (χ3n) is 6.59. The molecule has 2 atom stereocenters. The third-order valence-corrected chi connectivity index (χ3v) is 6.59. The van der Waals surface area contributed by atoms with Crippen molar-refractivity contribution in [2.75, 3.05) is 10.6 Å². The molecule has 0 spiro atoms. The minimum Gasteiger partial charge on any atom is -0.309 e. The molecule has 10 nitrogen and oxygen atoms in total. The molecule has 1 saturated carbocycles. The van der Waals surface area contributed by atoms with E-state index in [1.807, 2.05) is 24.3 Å². The van der Waals surface area contributed by atoms with Crippen LogP contribution >= 0.6 is 0 Å². The van der Waals surface area contributed by atoms with Crippen LogP contribution in [0.3, 0.4) is 0 Å². The first-order valence-electron chi connectivity index (χ1n) is 12.7. The van der Waals surface area contributed by atoms with Gasteiger partial charge in [-0.15, -0.1) is 10.2 Å². The first-order valence-corrected chi connectivity index (χ1v) is 12.7. The van der Waals surface area contributed by atoms with E-state index in [-0.39, 0.29) is 36.5 Å². The summed E-state index contributed by atoms with van der Waals surface area (Å²) in [4.78, 5) is 32.6. The van der Waals surface area contributed by atoms with Crippen molar-refractivity contribution in [3.63, 3.8) is 0 Å². The number of hydrogen-bond donors (Lipinski definition) is 2. The number of anilines is 2. The van der Waals surface area contributed by atoms with E-state index in [4.69, 9.17) is 0 Å². The van der Waals surface area contributed by atoms with Crippen molar-refractivity contribution in [2.45, 2.75) is 50.4 Å². The van der Waals surface area contributed by atoms with Crippen LogP contribution in [0.2, 0.25) is 0 Å². The Labute approximate surface area is 220 Å². The summed E-state index contributed by atoms with van der Waals surface area (Å²) < 4.78 is 0. The van der Waals surface area contributed by atoms with E-state index in [0.29, 0.717) is 11.6 Å². The smallest absolute Gasteiger partial charge is 0.230 e. The molecule has 192 valence electrons. The Hall–Kier alpha value is -4.60. The fraction of sp³-hybridized carbons (Fsp3) is 0.286. The van der Waals surface area contributed by atoms with Crippen molar-refractivity contribution in [2.24, 2.45) is 0 Å². The van der Waals surface area contributed by atoms with Crippen molar-refractivity contribution >= 4 is 23.5 Å². The maximum Gasteiger partial charge on any atom is 0.230 e. The molecule has 2 amide bonds. The Balaban J connectivity index is 1.14. The van der Waals surface area contributed by atoms with Gasteiger partial charge in [0.25, 0.3) is 0 Å². The number of rotatable bonds is 8. The summed E-state index contributed by atoms with van der Waals surface area (Å²) in [5.74, 6) is 1.05. The van der Waals surface area contributed by atoms with Gasteiger partial charge < -0.3 is 10.6 Å². The van der Waals surface area contributed by atoms with Crippen LogP contribution in [-0.2, 0) is 22.4 Å². The Morgan fingerprint density at radius 1 is 0.684 bits per heavy atom. The molecular weight excluding hydrogens is 480 g/mol. The largest absolute Gasteiger partial charge is 0.309 e. The second kappa shape index (κ2) is 12.1. The standard InChI is InChI=1S/C28H28N8O2/c37-27(14-19-4-2-12-29-17-19)31-25-10-8-23(33-35-25)21-6-1-7-22(16-21)24-9-11-26(36-34-24)32-28(38)15-20-5-3-13-30-18-20/h2-5,8-13,17-18,21-22H,1,6-7,14-16H2,(H,31,35,37)(H,32,36,38)/t21-,22-/m0/s1. The summed E-state index contributed by atoms with van der Waals surface area (Å²) in [5.41, 5.74) is 3.50. The van der Waals surface area contributed by atoms with Crippen molar-refractivity contribution in [1.29, 1.82) is 0 Å². The molecule has 4 heterocycles. The fourth-order valence-electron chi connectivity index (χ4n) is 4.73. The van der Waals surface area contributed by atoms with E-state index < -0.39 is 0 Å². The molecule has 1 fully saturated rings. The first kappa shape index (κ1) is 25.1. The van der Waals surface area contributed by atoms with E-state index in [1.54, 1.807) is 49.1 Å². The van der Waals surface area contributed by atoms with Gasteiger partial charge >= 0.3 is 0 Å². The summed E-state index contributed by atoms with van der Waals surface area (Å²) in [6.45, 7) is 0. The average molecular weight is 509 g/mol. The molecule has 0 radical (unpaired) electrons. The summed E-state index contributed by atoms with van der Waals surface area (Å²) in [6, 6.07) is 14.8. The van der Waals surface area contributed by atoms with Gasteiger partial charge in [-0.2, -0.15) is 10.2 Å². The van der Waals surface area contributed by atoms with Crippen LogP contribution in [0.15, 0.2) is 73.3 Å². The van der Waals surface area contributed by atoms with Crippen LogP contribution in [0, 0.1) is 0 Å². The molecule has 38 heavy (non-hydrogen) atoms. The zero-order chi connectivity index (χ0) is 26.2. The number of amides is 2. The molecule has 4 aromatic heterocycles. The number of nitrogens with one attached hydrogen (secondary N) is 2. The predicted molar refractivity (Wildman–Crippen MR) is 141 cm³/mol. The molecule has 2 N–H and O–H groups in total. The van der Waals surface area contributed by atoms with Crippen molar-refractivity contribution in [1.82, 2.24) is 30.4 Å². The number of carbonyl (C=O) groups is 2. The summed E-state index contributed by atoms with van der Waals surface area (Å²) in [5, 5.41) is 22.9. The van der Waals surface area contributed by atoms with Crippen LogP contribution in [0.5, 0.6) is 0 Å². The van der Waals surface area contributed by atoms with E-state index in [1.165, 1.54) is 0 Å². The summed E-state index contributed by atoms with van der Waals surface area (Å²) in [6.07, 6.45) is 11.1. The maximum atomic E-state index is 12.3. The molecule has 0 saturated heterocycles. The van der Waals surface area contributed by atoms with Crippen LogP contribution in [-0.4, -0.2) is 42.2 Å². The SMILES string of the molecule is O=C(Cc1cccnc1)Nc1ccc([C@H]2CCC[C@H](c3ccc(NC(=O)Cc4cccnc4)nn3)C2)nn1. The molecule has 4 aromatic rings. The van der Waals surface area contributed by atoms with E-state index in [9.17, 15) is 9.59 Å². The quantitative estimate of drug-likeness (QED) is 0.366. The van der Waals surface area contributed by atoms with Gasteiger partial charge in [-0.25, -0.2) is 0 Å². The lowest BCUT2D eigenvalue weighted by Crippen LogP contribution is -2.18. The van der Waals surface area contributed by atoms with E-state index in [0.717, 1.165) is 48.2 Å². The molecule has 1 aliphatic rings. The molecule has 0 aliphatic heterocycles. The molecule has 10 heteroatoms. The summed E-state index contributed by atoms with van der Waals surface area (Å²) in [7, 11) is 0. The van der Waals surface area contributed by atoms with Gasteiger partial charge in [0.15, 0.2) is 11.6 Å². The van der Waals surface area contributed by atoms with Gasteiger partial charge in [0, 0.05) is 36.6 Å². The van der Waals surface area contributed by atoms with Crippen LogP contribution in [0.4, 0.5) is 11.6 Å². The number of aromatic nitrogens is 6. The van der Waals surface area contributed by atoms with Crippen molar-refractivity contribution in [3.8, 4) is 0 Å². The summed E-state index contributed by atoms with van der Waals surface area (Å²) >= 11 is 0. The van der Waals surface area contributed by atoms with Crippen molar-refractivity contribution < 1.29 is 9.59 Å². The molecule has 0 unspecified atom stereocenters. The van der Waals surface area contributed by atoms with E-state index in [2.05, 4.69) is 41.0 Å². The second-order valence-corrected chi connectivity index (χ2v) is 9.42. The van der Waals surface area contributed by atoms with Gasteiger partial charge in [0.2, 0.25) is 11.8 Å². The lowest BCUT2D eigenvalue weighted by atomic mass is 9.78. The Kier molecular flexibility index (Phi) is 7.98. The topological polar surface area (TPSA) is 136 Å². The molecule has 0 bridgehead atoms. The predicted octanol–water partition coefficient (Wildman–Crippen LogP) is 3.86. The minimum atomic E-state index is -0.159. The van der Waals surface area contributed by atoms with Crippen LogP contribution in [0.1, 0.15) is 60.0 Å². The van der Waals surface area contributed by atoms with Gasteiger partial charge in [-0.3, -0.25) is 19.6 Å².